The van der Waals surface area contributed by atoms with Crippen LogP contribution >= 0.6 is 0 Å². The van der Waals surface area contributed by atoms with Gasteiger partial charge in [0.1, 0.15) is 23.1 Å². The van der Waals surface area contributed by atoms with Crippen LogP contribution in [-0.4, -0.2) is 26.7 Å². The van der Waals surface area contributed by atoms with Gasteiger partial charge in [-0.15, -0.1) is 0 Å². The van der Waals surface area contributed by atoms with Crippen LogP contribution < -0.4 is 19.5 Å². The molecule has 2 aromatic rings. The lowest BCUT2D eigenvalue weighted by Gasteiger charge is -2.10. The van der Waals surface area contributed by atoms with Crippen LogP contribution in [0.4, 0.5) is 10.1 Å². The first kappa shape index (κ1) is 15.6. The molecule has 6 heteroatoms. The van der Waals surface area contributed by atoms with Gasteiger partial charge in [-0.3, -0.25) is 4.79 Å². The Labute approximate surface area is 127 Å². The topological polar surface area (TPSA) is 56.8 Å². The van der Waals surface area contributed by atoms with Gasteiger partial charge >= 0.3 is 0 Å². The minimum atomic E-state index is -0.420. The Morgan fingerprint density at radius 3 is 2.27 bits per heavy atom. The molecule has 0 aliphatic heterocycles. The van der Waals surface area contributed by atoms with E-state index < -0.39 is 11.7 Å². The molecule has 0 saturated carbocycles. The normalized spacial score (nSPS) is 9.95. The average Bonchev–Trinajstić information content (AvgIpc) is 2.52. The van der Waals surface area contributed by atoms with Crippen molar-refractivity contribution in [2.45, 2.75) is 0 Å². The average molecular weight is 305 g/mol. The molecule has 0 spiro atoms. The highest BCUT2D eigenvalue weighted by molar-refractivity contribution is 5.91. The van der Waals surface area contributed by atoms with Crippen molar-refractivity contribution in [1.29, 1.82) is 0 Å². The Kier molecular flexibility index (Phi) is 5.19. The van der Waals surface area contributed by atoms with E-state index >= 15 is 0 Å². The van der Waals surface area contributed by atoms with Gasteiger partial charge in [0.15, 0.2) is 6.61 Å². The van der Waals surface area contributed by atoms with Crippen LogP contribution in [-0.2, 0) is 4.79 Å². The number of nitrogens with one attached hydrogen (secondary N) is 1. The molecule has 0 heterocycles. The summed E-state index contributed by atoms with van der Waals surface area (Å²) in [7, 11) is 3.05. The van der Waals surface area contributed by atoms with Gasteiger partial charge in [-0.1, -0.05) is 6.07 Å². The van der Waals surface area contributed by atoms with Gasteiger partial charge in [0, 0.05) is 23.9 Å². The monoisotopic (exact) mass is 305 g/mol. The van der Waals surface area contributed by atoms with Gasteiger partial charge in [-0.25, -0.2) is 4.39 Å². The van der Waals surface area contributed by atoms with Crippen molar-refractivity contribution in [1.82, 2.24) is 0 Å². The van der Waals surface area contributed by atoms with Crippen molar-refractivity contribution in [2.24, 2.45) is 0 Å². The first-order chi connectivity index (χ1) is 10.6. The van der Waals surface area contributed by atoms with Gasteiger partial charge in [-0.05, 0) is 18.2 Å². The molecule has 0 fully saturated rings. The van der Waals surface area contributed by atoms with Crippen molar-refractivity contribution >= 4 is 11.6 Å². The molecule has 0 saturated heterocycles. The van der Waals surface area contributed by atoms with Crippen LogP contribution in [0.15, 0.2) is 42.5 Å². The Morgan fingerprint density at radius 2 is 1.68 bits per heavy atom. The number of ether oxygens (including phenoxy) is 3. The SMILES string of the molecule is COc1cc(OC)cc(OCC(=O)Nc2cccc(F)c2)c1. The number of halogens is 1. The molecule has 0 unspecified atom stereocenters. The smallest absolute Gasteiger partial charge is 0.262 e. The summed E-state index contributed by atoms with van der Waals surface area (Å²) in [5.41, 5.74) is 0.372. The lowest BCUT2D eigenvalue weighted by atomic mass is 10.3. The van der Waals surface area contributed by atoms with Gasteiger partial charge in [0.2, 0.25) is 0 Å². The Morgan fingerprint density at radius 1 is 1.05 bits per heavy atom. The maximum Gasteiger partial charge on any atom is 0.262 e. The van der Waals surface area contributed by atoms with E-state index in [-0.39, 0.29) is 6.61 Å². The van der Waals surface area contributed by atoms with Crippen molar-refractivity contribution in [2.75, 3.05) is 26.1 Å². The third-order valence-electron chi connectivity index (χ3n) is 2.80. The van der Waals surface area contributed by atoms with Crippen LogP contribution in [0.3, 0.4) is 0 Å². The number of anilines is 1. The predicted molar refractivity (Wildman–Crippen MR) is 80.1 cm³/mol. The second-order valence-corrected chi connectivity index (χ2v) is 4.40. The molecule has 0 bridgehead atoms. The van der Waals surface area contributed by atoms with E-state index in [2.05, 4.69) is 5.32 Å². The van der Waals surface area contributed by atoms with Gasteiger partial charge < -0.3 is 19.5 Å². The van der Waals surface area contributed by atoms with Gasteiger partial charge in [0.05, 0.1) is 14.2 Å². The molecule has 2 rings (SSSR count). The molecule has 5 nitrogen and oxygen atoms in total. The van der Waals surface area contributed by atoms with Gasteiger partial charge in [-0.2, -0.15) is 0 Å². The summed E-state index contributed by atoms with van der Waals surface area (Å²) in [5, 5.41) is 2.54. The van der Waals surface area contributed by atoms with Crippen LogP contribution in [0.1, 0.15) is 0 Å². The number of amides is 1. The lowest BCUT2D eigenvalue weighted by Crippen LogP contribution is -2.20. The molecular weight excluding hydrogens is 289 g/mol. The van der Waals surface area contributed by atoms with Crippen LogP contribution in [0.5, 0.6) is 17.2 Å². The summed E-state index contributed by atoms with van der Waals surface area (Å²) in [6.07, 6.45) is 0. The van der Waals surface area contributed by atoms with Crippen molar-refractivity contribution in [3.8, 4) is 17.2 Å². The fourth-order valence-corrected chi connectivity index (χ4v) is 1.78. The number of hydrogen-bond donors (Lipinski definition) is 1. The largest absolute Gasteiger partial charge is 0.496 e. The fourth-order valence-electron chi connectivity index (χ4n) is 1.78. The third kappa shape index (κ3) is 4.37. The number of benzene rings is 2. The van der Waals surface area contributed by atoms with E-state index in [1.807, 2.05) is 0 Å². The number of methoxy groups -OCH3 is 2. The van der Waals surface area contributed by atoms with Crippen LogP contribution in [0.25, 0.3) is 0 Å². The molecular formula is C16H16FNO4. The molecule has 0 aromatic heterocycles. The van der Waals surface area contributed by atoms with Crippen molar-refractivity contribution in [3.63, 3.8) is 0 Å². The Bertz CT molecular complexity index is 638. The number of carbonyl (C=O) groups is 1. The summed E-state index contributed by atoms with van der Waals surface area (Å²) in [4.78, 5) is 11.8. The summed E-state index contributed by atoms with van der Waals surface area (Å²) < 4.78 is 28.6. The molecule has 0 aliphatic carbocycles. The lowest BCUT2D eigenvalue weighted by molar-refractivity contribution is -0.118. The van der Waals surface area contributed by atoms with Crippen molar-refractivity contribution < 1.29 is 23.4 Å². The summed E-state index contributed by atoms with van der Waals surface area (Å²) in [6, 6.07) is 10.6. The fraction of sp³-hybridized carbons (Fsp3) is 0.188. The summed E-state index contributed by atoms with van der Waals surface area (Å²) >= 11 is 0. The van der Waals surface area contributed by atoms with E-state index in [0.29, 0.717) is 22.9 Å². The van der Waals surface area contributed by atoms with Crippen molar-refractivity contribution in [3.05, 3.63) is 48.3 Å². The molecule has 0 atom stereocenters. The second-order valence-electron chi connectivity index (χ2n) is 4.40. The molecule has 0 radical (unpaired) electrons. The van der Waals surface area contributed by atoms with E-state index in [9.17, 15) is 9.18 Å². The zero-order valence-corrected chi connectivity index (χ0v) is 12.3. The highest BCUT2D eigenvalue weighted by Crippen LogP contribution is 2.27. The standard InChI is InChI=1S/C16H16FNO4/c1-20-13-7-14(21-2)9-15(8-13)22-10-16(19)18-12-5-3-4-11(17)6-12/h3-9H,10H2,1-2H3,(H,18,19). The van der Waals surface area contributed by atoms with E-state index in [1.165, 1.54) is 32.4 Å². The molecule has 116 valence electrons. The minimum Gasteiger partial charge on any atom is -0.496 e. The number of rotatable bonds is 6. The zero-order valence-electron chi connectivity index (χ0n) is 12.3. The van der Waals surface area contributed by atoms with E-state index in [1.54, 1.807) is 24.3 Å². The summed E-state index contributed by atoms with van der Waals surface area (Å²) in [6.45, 7) is -0.215. The molecule has 22 heavy (non-hydrogen) atoms. The highest BCUT2D eigenvalue weighted by atomic mass is 19.1. The third-order valence-corrected chi connectivity index (χ3v) is 2.80. The first-order valence-electron chi connectivity index (χ1n) is 6.52. The maximum absolute atomic E-state index is 13.0. The number of carbonyl (C=O) groups excluding carboxylic acids is 1. The Balaban J connectivity index is 1.96. The van der Waals surface area contributed by atoms with E-state index in [0.717, 1.165) is 0 Å². The first-order valence-corrected chi connectivity index (χ1v) is 6.52. The highest BCUT2D eigenvalue weighted by Gasteiger charge is 2.07. The quantitative estimate of drug-likeness (QED) is 0.891. The van der Waals surface area contributed by atoms with Crippen LogP contribution in [0.2, 0.25) is 0 Å². The van der Waals surface area contributed by atoms with Gasteiger partial charge in [0.25, 0.3) is 5.91 Å². The zero-order chi connectivity index (χ0) is 15.9. The molecule has 1 amide bonds. The molecule has 0 aliphatic rings. The molecule has 1 N–H and O–H groups in total. The second kappa shape index (κ2) is 7.31. The van der Waals surface area contributed by atoms with Crippen LogP contribution in [0, 0.1) is 5.82 Å². The summed E-state index contributed by atoms with van der Waals surface area (Å²) in [5.74, 6) is 0.731. The van der Waals surface area contributed by atoms with E-state index in [4.69, 9.17) is 14.2 Å². The Hall–Kier alpha value is -2.76. The number of hydrogen-bond acceptors (Lipinski definition) is 4. The predicted octanol–water partition coefficient (Wildman–Crippen LogP) is 2.86. The maximum atomic E-state index is 13.0. The molecule has 2 aromatic carbocycles. The minimum absolute atomic E-state index is 0.215.